The summed E-state index contributed by atoms with van der Waals surface area (Å²) in [6, 6.07) is 3.92. The third-order valence-corrected chi connectivity index (χ3v) is 4.93. The number of nitrogens with zero attached hydrogens (tertiary/aromatic N) is 1. The lowest BCUT2D eigenvalue weighted by Gasteiger charge is -2.36. The van der Waals surface area contributed by atoms with Crippen molar-refractivity contribution in [3.8, 4) is 0 Å². The van der Waals surface area contributed by atoms with E-state index in [0.29, 0.717) is 19.5 Å². The zero-order valence-electron chi connectivity index (χ0n) is 11.2. The topological polar surface area (TPSA) is 57.6 Å². The molecular weight excluding hydrogens is 262 g/mol. The van der Waals surface area contributed by atoms with E-state index in [-0.39, 0.29) is 23.7 Å². The Kier molecular flexibility index (Phi) is 4.24. The van der Waals surface area contributed by atoms with E-state index in [1.165, 1.54) is 0 Å². The highest BCUT2D eigenvalue weighted by Gasteiger charge is 2.34. The second-order valence-electron chi connectivity index (χ2n) is 5.23. The van der Waals surface area contributed by atoms with Crippen molar-refractivity contribution in [3.63, 3.8) is 0 Å². The Hall–Kier alpha value is -1.36. The minimum Gasteiger partial charge on any atom is -0.481 e. The molecule has 1 aliphatic rings. The Morgan fingerprint density at radius 3 is 2.79 bits per heavy atom. The van der Waals surface area contributed by atoms with E-state index in [2.05, 4.69) is 0 Å². The maximum atomic E-state index is 12.4. The molecule has 0 aliphatic carbocycles. The van der Waals surface area contributed by atoms with E-state index >= 15 is 0 Å². The largest absolute Gasteiger partial charge is 0.481 e. The van der Waals surface area contributed by atoms with Crippen LogP contribution in [0.2, 0.25) is 0 Å². The van der Waals surface area contributed by atoms with Gasteiger partial charge in [0.2, 0.25) is 5.91 Å². The van der Waals surface area contributed by atoms with Gasteiger partial charge < -0.3 is 10.0 Å². The van der Waals surface area contributed by atoms with Gasteiger partial charge in [0.15, 0.2) is 0 Å². The second-order valence-corrected chi connectivity index (χ2v) is 6.21. The average molecular weight is 281 g/mol. The summed E-state index contributed by atoms with van der Waals surface area (Å²) < 4.78 is 0. The Bertz CT molecular complexity index is 457. The molecule has 1 N–H and O–H groups in total. The Morgan fingerprint density at radius 2 is 2.26 bits per heavy atom. The summed E-state index contributed by atoms with van der Waals surface area (Å²) in [7, 11) is 0. The SMILES string of the molecule is CC(C(=O)N1CC[C@H](C(=O)O)[C@H](C)C1)c1cccs1. The highest BCUT2D eigenvalue weighted by atomic mass is 32.1. The summed E-state index contributed by atoms with van der Waals surface area (Å²) in [6.45, 7) is 4.93. The first-order valence-corrected chi connectivity index (χ1v) is 7.43. The van der Waals surface area contributed by atoms with Gasteiger partial charge in [-0.05, 0) is 30.7 Å². The summed E-state index contributed by atoms with van der Waals surface area (Å²) in [5.74, 6) is -1.07. The predicted molar refractivity (Wildman–Crippen MR) is 74.2 cm³/mol. The van der Waals surface area contributed by atoms with Gasteiger partial charge in [-0.25, -0.2) is 0 Å². The molecule has 19 heavy (non-hydrogen) atoms. The molecular formula is C14H19NO3S. The molecule has 5 heteroatoms. The molecule has 3 atom stereocenters. The molecule has 1 saturated heterocycles. The maximum Gasteiger partial charge on any atom is 0.306 e. The molecule has 1 fully saturated rings. The van der Waals surface area contributed by atoms with Crippen LogP contribution >= 0.6 is 11.3 Å². The number of rotatable bonds is 3. The zero-order valence-corrected chi connectivity index (χ0v) is 12.0. The van der Waals surface area contributed by atoms with Gasteiger partial charge in [0.1, 0.15) is 0 Å². The van der Waals surface area contributed by atoms with E-state index in [1.54, 1.807) is 11.3 Å². The van der Waals surface area contributed by atoms with Crippen LogP contribution in [0, 0.1) is 11.8 Å². The minimum atomic E-state index is -0.745. The van der Waals surface area contributed by atoms with Crippen LogP contribution in [0.15, 0.2) is 17.5 Å². The maximum absolute atomic E-state index is 12.4. The van der Waals surface area contributed by atoms with Crippen LogP contribution in [0.3, 0.4) is 0 Å². The van der Waals surface area contributed by atoms with Gasteiger partial charge in [0.05, 0.1) is 11.8 Å². The molecule has 0 bridgehead atoms. The number of thiophene rings is 1. The molecule has 2 rings (SSSR count). The Balaban J connectivity index is 2.00. The number of carbonyl (C=O) groups excluding carboxylic acids is 1. The molecule has 104 valence electrons. The molecule has 1 unspecified atom stereocenters. The van der Waals surface area contributed by atoms with E-state index in [1.807, 2.05) is 36.3 Å². The number of aliphatic carboxylic acids is 1. The van der Waals surface area contributed by atoms with Crippen molar-refractivity contribution in [1.82, 2.24) is 4.90 Å². The van der Waals surface area contributed by atoms with Gasteiger partial charge in [-0.1, -0.05) is 13.0 Å². The second kappa shape index (κ2) is 5.74. The van der Waals surface area contributed by atoms with Crippen LogP contribution in [0.4, 0.5) is 0 Å². The van der Waals surface area contributed by atoms with Crippen LogP contribution in [-0.2, 0) is 9.59 Å². The summed E-state index contributed by atoms with van der Waals surface area (Å²) in [5.41, 5.74) is 0. The zero-order chi connectivity index (χ0) is 14.0. The van der Waals surface area contributed by atoms with E-state index in [9.17, 15) is 9.59 Å². The molecule has 2 heterocycles. The third-order valence-electron chi connectivity index (χ3n) is 3.87. The number of hydrogen-bond donors (Lipinski definition) is 1. The van der Waals surface area contributed by atoms with Crippen molar-refractivity contribution in [2.75, 3.05) is 13.1 Å². The normalized spacial score (nSPS) is 25.1. The summed E-state index contributed by atoms with van der Waals surface area (Å²) in [6.07, 6.45) is 0.555. The van der Waals surface area contributed by atoms with Crippen LogP contribution in [0.1, 0.15) is 31.1 Å². The molecule has 1 aromatic rings. The summed E-state index contributed by atoms with van der Waals surface area (Å²) >= 11 is 1.59. The van der Waals surface area contributed by atoms with Crippen molar-refractivity contribution >= 4 is 23.2 Å². The monoisotopic (exact) mass is 281 g/mol. The number of amides is 1. The van der Waals surface area contributed by atoms with Crippen LogP contribution < -0.4 is 0 Å². The number of piperidine rings is 1. The number of carboxylic acids is 1. The van der Waals surface area contributed by atoms with Gasteiger partial charge >= 0.3 is 5.97 Å². The van der Waals surface area contributed by atoms with E-state index in [0.717, 1.165) is 4.88 Å². The quantitative estimate of drug-likeness (QED) is 0.925. The molecule has 4 nitrogen and oxygen atoms in total. The number of carboxylic acid groups (broad SMARTS) is 1. The molecule has 1 aromatic heterocycles. The first-order valence-electron chi connectivity index (χ1n) is 6.55. The lowest BCUT2D eigenvalue weighted by Crippen LogP contribution is -2.46. The smallest absolute Gasteiger partial charge is 0.306 e. The fourth-order valence-electron chi connectivity index (χ4n) is 2.65. The third kappa shape index (κ3) is 2.97. The highest BCUT2D eigenvalue weighted by Crippen LogP contribution is 2.28. The molecule has 0 aromatic carbocycles. The van der Waals surface area contributed by atoms with Gasteiger partial charge in [0.25, 0.3) is 0 Å². The number of carbonyl (C=O) groups is 2. The Labute approximate surface area is 117 Å². The summed E-state index contributed by atoms with van der Waals surface area (Å²) in [4.78, 5) is 26.3. The predicted octanol–water partition coefficient (Wildman–Crippen LogP) is 2.42. The van der Waals surface area contributed by atoms with Crippen LogP contribution in [-0.4, -0.2) is 35.0 Å². The molecule has 0 spiro atoms. The van der Waals surface area contributed by atoms with Gasteiger partial charge in [-0.15, -0.1) is 11.3 Å². The van der Waals surface area contributed by atoms with E-state index in [4.69, 9.17) is 5.11 Å². The highest BCUT2D eigenvalue weighted by molar-refractivity contribution is 7.10. The van der Waals surface area contributed by atoms with Crippen LogP contribution in [0.5, 0.6) is 0 Å². The average Bonchev–Trinajstić information content (AvgIpc) is 2.90. The van der Waals surface area contributed by atoms with Gasteiger partial charge in [-0.2, -0.15) is 0 Å². The van der Waals surface area contributed by atoms with Crippen molar-refractivity contribution in [3.05, 3.63) is 22.4 Å². The lowest BCUT2D eigenvalue weighted by molar-refractivity contribution is -0.148. The first-order chi connectivity index (χ1) is 9.00. The first kappa shape index (κ1) is 14.1. The number of hydrogen-bond acceptors (Lipinski definition) is 3. The van der Waals surface area contributed by atoms with Crippen LogP contribution in [0.25, 0.3) is 0 Å². The summed E-state index contributed by atoms with van der Waals surface area (Å²) in [5, 5.41) is 11.1. The minimum absolute atomic E-state index is 0.0192. The molecule has 1 amide bonds. The number of likely N-dealkylation sites (tertiary alicyclic amines) is 1. The van der Waals surface area contributed by atoms with E-state index < -0.39 is 5.97 Å². The molecule has 0 saturated carbocycles. The van der Waals surface area contributed by atoms with Gasteiger partial charge in [0, 0.05) is 18.0 Å². The fraction of sp³-hybridized carbons (Fsp3) is 0.571. The van der Waals surface area contributed by atoms with Crippen molar-refractivity contribution in [1.29, 1.82) is 0 Å². The van der Waals surface area contributed by atoms with Gasteiger partial charge in [-0.3, -0.25) is 9.59 Å². The van der Waals surface area contributed by atoms with Crippen molar-refractivity contribution < 1.29 is 14.7 Å². The molecule has 1 aliphatic heterocycles. The molecule has 0 radical (unpaired) electrons. The lowest BCUT2D eigenvalue weighted by atomic mass is 9.86. The van der Waals surface area contributed by atoms with Crippen molar-refractivity contribution in [2.24, 2.45) is 11.8 Å². The van der Waals surface area contributed by atoms with Crippen molar-refractivity contribution in [2.45, 2.75) is 26.2 Å². The standard InChI is InChI=1S/C14H19NO3S/c1-9-8-15(6-5-11(9)14(17)18)13(16)10(2)12-4-3-7-19-12/h3-4,7,9-11H,5-6,8H2,1-2H3,(H,17,18)/t9-,10?,11+/m1/s1. The fourth-order valence-corrected chi connectivity index (χ4v) is 3.42. The Morgan fingerprint density at radius 1 is 1.53 bits per heavy atom.